The van der Waals surface area contributed by atoms with Crippen LogP contribution in [0.3, 0.4) is 0 Å². The van der Waals surface area contributed by atoms with E-state index in [0.717, 1.165) is 33.7 Å². The van der Waals surface area contributed by atoms with Gasteiger partial charge in [-0.25, -0.2) is 4.98 Å². The van der Waals surface area contributed by atoms with Gasteiger partial charge in [0.05, 0.1) is 11.0 Å². The van der Waals surface area contributed by atoms with E-state index in [1.54, 1.807) is 0 Å². The number of aryl methyl sites for hydroxylation is 1. The van der Waals surface area contributed by atoms with Gasteiger partial charge in [-0.1, -0.05) is 69.3 Å². The molecule has 4 rings (SSSR count). The van der Waals surface area contributed by atoms with E-state index < -0.39 is 0 Å². The first-order valence-corrected chi connectivity index (χ1v) is 11.2. The fourth-order valence-corrected chi connectivity index (χ4v) is 4.09. The topological polar surface area (TPSA) is 38.1 Å². The Balaban J connectivity index is 1.74. The van der Waals surface area contributed by atoms with Gasteiger partial charge in [0.25, 0.3) is 0 Å². The molecule has 4 nitrogen and oxygen atoms in total. The molecule has 4 aromatic rings. The highest BCUT2D eigenvalue weighted by Crippen LogP contribution is 2.29. The number of para-hydroxylation sites is 2. The molecular weight excluding hydrogens is 394 g/mol. The van der Waals surface area contributed by atoms with Crippen molar-refractivity contribution in [1.29, 1.82) is 0 Å². The van der Waals surface area contributed by atoms with Crippen molar-refractivity contribution in [1.82, 2.24) is 9.55 Å². The Hall–Kier alpha value is -3.40. The monoisotopic (exact) mass is 425 g/mol. The number of hydrogen-bond acceptors (Lipinski definition) is 2. The van der Waals surface area contributed by atoms with Gasteiger partial charge in [-0.15, -0.1) is 0 Å². The fraction of sp³-hybridized carbons (Fsp3) is 0.286. The highest BCUT2D eigenvalue weighted by atomic mass is 16.2. The summed E-state index contributed by atoms with van der Waals surface area (Å²) in [6.07, 6.45) is 0. The van der Waals surface area contributed by atoms with Crippen molar-refractivity contribution in [2.24, 2.45) is 0 Å². The molecule has 1 amide bonds. The molecule has 3 aromatic carbocycles. The molecule has 0 N–H and O–H groups in total. The smallest absolute Gasteiger partial charge is 0.246 e. The summed E-state index contributed by atoms with van der Waals surface area (Å²) in [4.78, 5) is 20.2. The summed E-state index contributed by atoms with van der Waals surface area (Å²) in [7, 11) is 0. The molecule has 0 bridgehead atoms. The van der Waals surface area contributed by atoms with Crippen LogP contribution in [0.5, 0.6) is 0 Å². The van der Waals surface area contributed by atoms with Crippen molar-refractivity contribution in [2.45, 2.75) is 46.6 Å². The van der Waals surface area contributed by atoms with Gasteiger partial charge >= 0.3 is 0 Å². The third kappa shape index (κ3) is 4.31. The van der Waals surface area contributed by atoms with Gasteiger partial charge in [0.1, 0.15) is 12.4 Å². The lowest BCUT2D eigenvalue weighted by Gasteiger charge is -2.23. The Kier molecular flexibility index (Phi) is 5.88. The minimum atomic E-state index is 0.0498. The van der Waals surface area contributed by atoms with E-state index in [1.807, 2.05) is 65.8 Å². The van der Waals surface area contributed by atoms with Gasteiger partial charge in [0, 0.05) is 17.8 Å². The van der Waals surface area contributed by atoms with Gasteiger partial charge in [0.15, 0.2) is 0 Å². The molecule has 4 heteroatoms. The number of nitrogens with zero attached hydrogens (tertiary/aromatic N) is 3. The third-order valence-corrected chi connectivity index (χ3v) is 5.89. The van der Waals surface area contributed by atoms with Crippen LogP contribution in [0.25, 0.3) is 22.4 Å². The molecule has 0 atom stereocenters. The molecule has 0 fully saturated rings. The minimum absolute atomic E-state index is 0.0498. The summed E-state index contributed by atoms with van der Waals surface area (Å²) in [6, 6.07) is 24.6. The lowest BCUT2D eigenvalue weighted by molar-refractivity contribution is -0.119. The summed E-state index contributed by atoms with van der Waals surface area (Å²) in [6.45, 7) is 11.5. The predicted octanol–water partition coefficient (Wildman–Crippen LogP) is 6.36. The second-order valence-electron chi connectivity index (χ2n) is 9.31. The highest BCUT2D eigenvalue weighted by molar-refractivity contribution is 5.95. The number of hydrogen-bond donors (Lipinski definition) is 0. The molecule has 0 spiro atoms. The summed E-state index contributed by atoms with van der Waals surface area (Å²) in [5.74, 6) is 0.870. The van der Waals surface area contributed by atoms with Crippen LogP contribution in [-0.2, 0) is 16.8 Å². The second-order valence-corrected chi connectivity index (χ2v) is 9.31. The Bertz CT molecular complexity index is 1250. The number of fused-ring (bicyclic) bond motifs is 1. The fourth-order valence-electron chi connectivity index (χ4n) is 4.09. The van der Waals surface area contributed by atoms with Crippen molar-refractivity contribution in [3.05, 3.63) is 83.9 Å². The largest absolute Gasteiger partial charge is 0.314 e. The van der Waals surface area contributed by atoms with Gasteiger partial charge in [-0.3, -0.25) is 4.79 Å². The molecule has 0 saturated carbocycles. The molecule has 0 aliphatic carbocycles. The quantitative estimate of drug-likeness (QED) is 0.373. The van der Waals surface area contributed by atoms with Gasteiger partial charge in [-0.2, -0.15) is 0 Å². The van der Waals surface area contributed by atoms with Crippen molar-refractivity contribution < 1.29 is 4.79 Å². The Morgan fingerprint density at radius 2 is 1.69 bits per heavy atom. The number of rotatable bonds is 5. The lowest BCUT2D eigenvalue weighted by Crippen LogP contribution is -2.33. The summed E-state index contributed by atoms with van der Waals surface area (Å²) >= 11 is 0. The normalized spacial score (nSPS) is 11.7. The Morgan fingerprint density at radius 1 is 0.969 bits per heavy atom. The molecule has 32 heavy (non-hydrogen) atoms. The highest BCUT2D eigenvalue weighted by Gasteiger charge is 2.20. The number of imidazole rings is 1. The molecule has 164 valence electrons. The Morgan fingerprint density at radius 3 is 2.34 bits per heavy atom. The van der Waals surface area contributed by atoms with Crippen LogP contribution >= 0.6 is 0 Å². The molecule has 1 heterocycles. The average Bonchev–Trinajstić information content (AvgIpc) is 3.12. The van der Waals surface area contributed by atoms with E-state index >= 15 is 0 Å². The number of amides is 1. The average molecular weight is 426 g/mol. The van der Waals surface area contributed by atoms with Crippen molar-refractivity contribution in [2.75, 3.05) is 11.4 Å². The maximum atomic E-state index is 13.4. The third-order valence-electron chi connectivity index (χ3n) is 5.89. The second kappa shape index (κ2) is 8.62. The maximum Gasteiger partial charge on any atom is 0.246 e. The van der Waals surface area contributed by atoms with E-state index in [4.69, 9.17) is 4.98 Å². The zero-order valence-corrected chi connectivity index (χ0v) is 19.6. The van der Waals surface area contributed by atoms with E-state index in [-0.39, 0.29) is 17.9 Å². The van der Waals surface area contributed by atoms with Gasteiger partial charge < -0.3 is 9.47 Å². The maximum absolute atomic E-state index is 13.4. The van der Waals surface area contributed by atoms with E-state index in [1.165, 1.54) is 5.56 Å². The number of carbonyl (C=O) groups excluding carboxylic acids is 1. The van der Waals surface area contributed by atoms with Crippen LogP contribution in [0.4, 0.5) is 5.69 Å². The van der Waals surface area contributed by atoms with Gasteiger partial charge in [0.2, 0.25) is 5.91 Å². The molecule has 0 saturated heterocycles. The van der Waals surface area contributed by atoms with Crippen LogP contribution < -0.4 is 4.90 Å². The van der Waals surface area contributed by atoms with Crippen LogP contribution in [-0.4, -0.2) is 22.0 Å². The summed E-state index contributed by atoms with van der Waals surface area (Å²) in [5.41, 5.74) is 6.31. The van der Waals surface area contributed by atoms with Crippen molar-refractivity contribution >= 4 is 22.6 Å². The number of benzene rings is 3. The first-order valence-electron chi connectivity index (χ1n) is 11.2. The number of carbonyl (C=O) groups is 1. The molecule has 0 aliphatic rings. The number of anilines is 1. The van der Waals surface area contributed by atoms with Crippen LogP contribution in [0.2, 0.25) is 0 Å². The molecule has 0 radical (unpaired) electrons. The first kappa shape index (κ1) is 21.8. The summed E-state index contributed by atoms with van der Waals surface area (Å²) in [5, 5.41) is 0. The predicted molar refractivity (Wildman–Crippen MR) is 133 cm³/mol. The summed E-state index contributed by atoms with van der Waals surface area (Å²) < 4.78 is 2.04. The van der Waals surface area contributed by atoms with E-state index in [9.17, 15) is 4.79 Å². The number of aromatic nitrogens is 2. The molecular formula is C28H31N3O. The van der Waals surface area contributed by atoms with E-state index in [2.05, 4.69) is 51.1 Å². The minimum Gasteiger partial charge on any atom is -0.314 e. The van der Waals surface area contributed by atoms with Crippen LogP contribution in [0.15, 0.2) is 72.8 Å². The van der Waals surface area contributed by atoms with Crippen molar-refractivity contribution in [3.63, 3.8) is 0 Å². The molecule has 0 aliphatic heterocycles. The zero-order valence-electron chi connectivity index (χ0n) is 19.6. The number of likely N-dealkylation sites (N-methyl/N-ethyl adjacent to an activating group) is 1. The van der Waals surface area contributed by atoms with Crippen LogP contribution in [0, 0.1) is 6.92 Å². The molecule has 1 aromatic heterocycles. The Labute approximate surface area is 190 Å². The molecule has 0 unspecified atom stereocenters. The SMILES string of the molecule is CCN(C(=O)Cn1c(-c2ccc(C(C)(C)C)cc2)nc2ccccc21)c1cccc(C)c1. The van der Waals surface area contributed by atoms with Gasteiger partial charge in [-0.05, 0) is 54.7 Å². The lowest BCUT2D eigenvalue weighted by atomic mass is 9.87. The van der Waals surface area contributed by atoms with Crippen LogP contribution in [0.1, 0.15) is 38.8 Å². The zero-order chi connectivity index (χ0) is 22.9. The standard InChI is InChI=1S/C28H31N3O/c1-6-30(23-11-9-10-20(2)18-23)26(32)19-31-25-13-8-7-12-24(25)29-27(31)21-14-16-22(17-15-21)28(3,4)5/h7-18H,6,19H2,1-5H3. The first-order chi connectivity index (χ1) is 15.3. The van der Waals surface area contributed by atoms with E-state index in [0.29, 0.717) is 6.54 Å². The van der Waals surface area contributed by atoms with Crippen molar-refractivity contribution in [3.8, 4) is 11.4 Å².